The number of benzene rings is 4. The largest absolute Gasteiger partial charge is 0.744 e. The first-order valence-corrected chi connectivity index (χ1v) is 11.4. The number of para-hydroxylation sites is 3. The number of nitrogens with zero attached hydrogens (tertiary/aromatic N) is 1. The van der Waals surface area contributed by atoms with Gasteiger partial charge in [-0.25, -0.2) is 12.9 Å². The molecule has 0 spiro atoms. The first-order valence-electron chi connectivity index (χ1n) is 10.0. The molecule has 0 amide bonds. The van der Waals surface area contributed by atoms with Crippen molar-refractivity contribution in [3.05, 3.63) is 121 Å². The molecule has 0 radical (unpaired) electrons. The van der Waals surface area contributed by atoms with E-state index in [2.05, 4.69) is 97.9 Å². The Hall–Kier alpha value is -3.25. The molecule has 4 aromatic carbocycles. The molecule has 0 aliphatic heterocycles. The van der Waals surface area contributed by atoms with Gasteiger partial charge in [0.1, 0.15) is 27.2 Å². The molecule has 0 aliphatic rings. The van der Waals surface area contributed by atoms with Crippen LogP contribution in [-0.4, -0.2) is 19.5 Å². The van der Waals surface area contributed by atoms with Gasteiger partial charge in [0.2, 0.25) is 0 Å². The fourth-order valence-electron chi connectivity index (χ4n) is 3.63. The second-order valence-corrected chi connectivity index (χ2v) is 8.28. The van der Waals surface area contributed by atoms with Crippen LogP contribution in [0.2, 0.25) is 0 Å². The summed E-state index contributed by atoms with van der Waals surface area (Å²) in [5.74, 6) is 0. The highest BCUT2D eigenvalue weighted by molar-refractivity contribution is 7.85. The maximum absolute atomic E-state index is 10.3. The Kier molecular flexibility index (Phi) is 7.36. The quantitative estimate of drug-likeness (QED) is 0.276. The second-order valence-electron chi connectivity index (χ2n) is 6.90. The van der Waals surface area contributed by atoms with Crippen LogP contribution in [0.4, 0.5) is 17.1 Å². The van der Waals surface area contributed by atoms with Gasteiger partial charge in [0, 0.05) is 0 Å². The zero-order valence-corrected chi connectivity index (χ0v) is 18.2. The number of hydrogen-bond donors (Lipinski definition) is 0. The normalized spacial score (nSPS) is 11.3. The number of rotatable bonds is 5. The van der Waals surface area contributed by atoms with Gasteiger partial charge < -0.3 is 4.55 Å². The lowest BCUT2D eigenvalue weighted by molar-refractivity contribution is 0.463. The molecule has 0 bridgehead atoms. The number of quaternary nitrogens is 1. The minimum atomic E-state index is -4.25. The maximum atomic E-state index is 10.3. The standard InChI is InChI=1S/C20H20N.C6H6O3S/c1-2-21(18-12-6-3-7-13-18,19-14-8-4-9-15-19)20-16-10-5-11-17-20;7-10(8,9)6-4-2-1-3-5-6/h3-17H,2H2,1H3;1-5H,(H,7,8,9)/q+1;/p-1. The van der Waals surface area contributed by atoms with Crippen molar-refractivity contribution < 1.29 is 13.0 Å². The molecule has 4 aromatic rings. The van der Waals surface area contributed by atoms with Gasteiger partial charge in [-0.1, -0.05) is 72.8 Å². The van der Waals surface area contributed by atoms with E-state index in [-0.39, 0.29) is 4.90 Å². The minimum Gasteiger partial charge on any atom is -0.744 e. The van der Waals surface area contributed by atoms with Crippen molar-refractivity contribution in [3.63, 3.8) is 0 Å². The molecule has 0 saturated heterocycles. The smallest absolute Gasteiger partial charge is 0.143 e. The van der Waals surface area contributed by atoms with Crippen molar-refractivity contribution in [2.75, 3.05) is 6.54 Å². The van der Waals surface area contributed by atoms with Gasteiger partial charge in [0.05, 0.1) is 11.4 Å². The molecule has 0 aliphatic carbocycles. The van der Waals surface area contributed by atoms with E-state index in [4.69, 9.17) is 0 Å². The topological polar surface area (TPSA) is 57.2 Å². The monoisotopic (exact) mass is 431 g/mol. The highest BCUT2D eigenvalue weighted by atomic mass is 32.2. The van der Waals surface area contributed by atoms with Gasteiger partial charge >= 0.3 is 0 Å². The van der Waals surface area contributed by atoms with Crippen LogP contribution in [0.3, 0.4) is 0 Å². The Labute approximate surface area is 184 Å². The lowest BCUT2D eigenvalue weighted by Crippen LogP contribution is -2.38. The molecular weight excluding hydrogens is 406 g/mol. The molecule has 5 heteroatoms. The Morgan fingerprint density at radius 3 is 1.10 bits per heavy atom. The minimum absolute atomic E-state index is 0.185. The molecule has 0 aromatic heterocycles. The average molecular weight is 432 g/mol. The van der Waals surface area contributed by atoms with Crippen molar-refractivity contribution in [3.8, 4) is 0 Å². The van der Waals surface area contributed by atoms with Crippen LogP contribution in [-0.2, 0) is 10.1 Å². The van der Waals surface area contributed by atoms with Crippen LogP contribution in [0.25, 0.3) is 0 Å². The van der Waals surface area contributed by atoms with Crippen LogP contribution < -0.4 is 4.48 Å². The summed E-state index contributed by atoms with van der Waals surface area (Å²) < 4.78 is 31.6. The maximum Gasteiger partial charge on any atom is 0.143 e. The van der Waals surface area contributed by atoms with Crippen LogP contribution in [0.15, 0.2) is 126 Å². The fraction of sp³-hybridized carbons (Fsp3) is 0.0769. The van der Waals surface area contributed by atoms with E-state index in [0.717, 1.165) is 11.0 Å². The van der Waals surface area contributed by atoms with E-state index in [1.54, 1.807) is 6.07 Å². The second kappa shape index (κ2) is 10.2. The van der Waals surface area contributed by atoms with E-state index in [1.165, 1.54) is 41.3 Å². The summed E-state index contributed by atoms with van der Waals surface area (Å²) in [6.07, 6.45) is 0. The van der Waals surface area contributed by atoms with Gasteiger partial charge in [0.25, 0.3) is 0 Å². The molecule has 0 fully saturated rings. The van der Waals surface area contributed by atoms with Crippen molar-refractivity contribution in [2.24, 2.45) is 0 Å². The summed E-state index contributed by atoms with van der Waals surface area (Å²) in [6, 6.07) is 39.4. The predicted molar refractivity (Wildman–Crippen MR) is 125 cm³/mol. The Balaban J connectivity index is 0.000000229. The van der Waals surface area contributed by atoms with E-state index >= 15 is 0 Å². The fourth-order valence-corrected chi connectivity index (χ4v) is 4.12. The zero-order valence-electron chi connectivity index (χ0n) is 17.3. The van der Waals surface area contributed by atoms with E-state index in [1.807, 2.05) is 0 Å². The van der Waals surface area contributed by atoms with Gasteiger partial charge in [-0.2, -0.15) is 0 Å². The summed E-state index contributed by atoms with van der Waals surface area (Å²) >= 11 is 0. The molecule has 4 rings (SSSR count). The van der Waals surface area contributed by atoms with Gasteiger partial charge in [0.15, 0.2) is 0 Å². The molecule has 158 valence electrons. The van der Waals surface area contributed by atoms with Crippen LogP contribution >= 0.6 is 0 Å². The molecule has 31 heavy (non-hydrogen) atoms. The Morgan fingerprint density at radius 1 is 0.581 bits per heavy atom. The summed E-state index contributed by atoms with van der Waals surface area (Å²) in [5, 5.41) is 0. The first-order chi connectivity index (χ1) is 15.0. The summed E-state index contributed by atoms with van der Waals surface area (Å²) in [4.78, 5) is -0.185. The summed E-state index contributed by atoms with van der Waals surface area (Å²) in [7, 11) is -4.25. The lowest BCUT2D eigenvalue weighted by Gasteiger charge is -2.36. The average Bonchev–Trinajstić information content (AvgIpc) is 2.83. The van der Waals surface area contributed by atoms with Crippen molar-refractivity contribution in [2.45, 2.75) is 11.8 Å². The number of hydrogen-bond acceptors (Lipinski definition) is 3. The Morgan fingerprint density at radius 2 is 0.871 bits per heavy atom. The molecular formula is C26H25NO3S. The van der Waals surface area contributed by atoms with Gasteiger partial charge in [-0.3, -0.25) is 0 Å². The molecule has 0 N–H and O–H groups in total. The van der Waals surface area contributed by atoms with Crippen LogP contribution in [0.1, 0.15) is 6.92 Å². The summed E-state index contributed by atoms with van der Waals surface area (Å²) in [5.41, 5.74) is 3.87. The molecule has 0 heterocycles. The third kappa shape index (κ3) is 5.27. The van der Waals surface area contributed by atoms with E-state index in [9.17, 15) is 13.0 Å². The molecule has 0 unspecified atom stereocenters. The molecule has 0 atom stereocenters. The SMILES string of the molecule is CC[N+](c1ccccc1)(c1ccccc1)c1ccccc1.O=S(=O)([O-])c1ccccc1. The third-order valence-corrected chi connectivity index (χ3v) is 5.95. The highest BCUT2D eigenvalue weighted by Gasteiger charge is 2.33. The van der Waals surface area contributed by atoms with E-state index in [0.29, 0.717) is 0 Å². The third-order valence-electron chi connectivity index (χ3n) is 5.10. The van der Waals surface area contributed by atoms with Crippen molar-refractivity contribution >= 4 is 27.2 Å². The van der Waals surface area contributed by atoms with Gasteiger partial charge in [-0.05, 0) is 55.5 Å². The van der Waals surface area contributed by atoms with Gasteiger partial charge in [-0.15, -0.1) is 0 Å². The molecule has 4 nitrogen and oxygen atoms in total. The highest BCUT2D eigenvalue weighted by Crippen LogP contribution is 2.42. The predicted octanol–water partition coefficient (Wildman–Crippen LogP) is 6.27. The Bertz CT molecular complexity index is 1070. The first kappa shape index (κ1) is 22.4. The zero-order chi connectivity index (χ0) is 22.2. The van der Waals surface area contributed by atoms with E-state index < -0.39 is 10.1 Å². The van der Waals surface area contributed by atoms with Crippen LogP contribution in [0, 0.1) is 0 Å². The van der Waals surface area contributed by atoms with Crippen molar-refractivity contribution in [1.29, 1.82) is 0 Å². The van der Waals surface area contributed by atoms with Crippen LogP contribution in [0.5, 0.6) is 0 Å². The molecule has 0 saturated carbocycles. The lowest BCUT2D eigenvalue weighted by atomic mass is 10.1. The van der Waals surface area contributed by atoms with Crippen molar-refractivity contribution in [1.82, 2.24) is 4.48 Å². The summed E-state index contributed by atoms with van der Waals surface area (Å²) in [6.45, 7) is 3.21.